The summed E-state index contributed by atoms with van der Waals surface area (Å²) in [4.78, 5) is 31.6. The lowest BCUT2D eigenvalue weighted by molar-refractivity contribution is -0.122. The largest absolute Gasteiger partial charge is 0.493 e. The normalized spacial score (nSPS) is 16.0. The van der Waals surface area contributed by atoms with Gasteiger partial charge in [-0.3, -0.25) is 9.69 Å². The zero-order valence-electron chi connectivity index (χ0n) is 18.6. The van der Waals surface area contributed by atoms with Crippen LogP contribution in [0.1, 0.15) is 36.2 Å². The van der Waals surface area contributed by atoms with Crippen molar-refractivity contribution in [2.75, 3.05) is 27.4 Å². The van der Waals surface area contributed by atoms with Gasteiger partial charge in [-0.2, -0.15) is 0 Å². The summed E-state index contributed by atoms with van der Waals surface area (Å²) < 4.78 is 16.1. The van der Waals surface area contributed by atoms with Crippen LogP contribution in [0.15, 0.2) is 52.4 Å². The van der Waals surface area contributed by atoms with Crippen molar-refractivity contribution >= 4 is 40.6 Å². The number of carbonyl (C=O) groups excluding carboxylic acids is 2. The molecule has 32 heavy (non-hydrogen) atoms. The third kappa shape index (κ3) is 5.13. The molecule has 0 aromatic heterocycles. The quantitative estimate of drug-likeness (QED) is 0.417. The van der Waals surface area contributed by atoms with Gasteiger partial charge in [0, 0.05) is 12.1 Å². The van der Waals surface area contributed by atoms with Crippen LogP contribution in [0.2, 0.25) is 0 Å². The standard InChI is InChI=1S/C24H26N2O5S/c1-5-13-31-21-16(9-8-12-19(21)29-3)15-20-22(27)26(6-2)24(32-20)25-18-11-7-10-17(14-18)23(28)30-4/h7-12,14-15H,5-6,13H2,1-4H3. The number of amidine groups is 1. The van der Waals surface area contributed by atoms with Crippen LogP contribution in [0.25, 0.3) is 6.08 Å². The number of benzene rings is 2. The summed E-state index contributed by atoms with van der Waals surface area (Å²) in [6.07, 6.45) is 2.66. The van der Waals surface area contributed by atoms with Gasteiger partial charge in [-0.15, -0.1) is 0 Å². The number of likely N-dealkylation sites (N-methyl/N-ethyl adjacent to an activating group) is 1. The maximum atomic E-state index is 13.1. The van der Waals surface area contributed by atoms with Crippen LogP contribution in [0.4, 0.5) is 5.69 Å². The van der Waals surface area contributed by atoms with Crippen LogP contribution >= 0.6 is 11.8 Å². The van der Waals surface area contributed by atoms with Gasteiger partial charge in [0.15, 0.2) is 16.7 Å². The van der Waals surface area contributed by atoms with Gasteiger partial charge in [-0.25, -0.2) is 9.79 Å². The molecule has 7 nitrogen and oxygen atoms in total. The number of amides is 1. The van der Waals surface area contributed by atoms with E-state index in [1.165, 1.54) is 18.9 Å². The topological polar surface area (TPSA) is 77.4 Å². The lowest BCUT2D eigenvalue weighted by Crippen LogP contribution is -2.28. The van der Waals surface area contributed by atoms with Crippen molar-refractivity contribution in [2.45, 2.75) is 20.3 Å². The summed E-state index contributed by atoms with van der Waals surface area (Å²) in [5.74, 6) is 0.651. The predicted molar refractivity (Wildman–Crippen MR) is 127 cm³/mol. The molecule has 3 rings (SSSR count). The number of nitrogens with zero attached hydrogens (tertiary/aromatic N) is 2. The molecule has 0 bridgehead atoms. The number of aliphatic imine (C=N–C) groups is 1. The van der Waals surface area contributed by atoms with Gasteiger partial charge >= 0.3 is 5.97 Å². The second kappa shape index (κ2) is 10.9. The van der Waals surface area contributed by atoms with Crippen LogP contribution in [-0.4, -0.2) is 49.3 Å². The fraction of sp³-hybridized carbons (Fsp3) is 0.292. The molecule has 2 aromatic carbocycles. The third-order valence-corrected chi connectivity index (χ3v) is 5.67. The second-order valence-corrected chi connectivity index (χ2v) is 7.83. The molecule has 1 aliphatic heterocycles. The monoisotopic (exact) mass is 454 g/mol. The van der Waals surface area contributed by atoms with Crippen molar-refractivity contribution in [2.24, 2.45) is 4.99 Å². The Hall–Kier alpha value is -3.26. The Morgan fingerprint density at radius 3 is 2.62 bits per heavy atom. The van der Waals surface area contributed by atoms with Crippen LogP contribution in [0.5, 0.6) is 11.5 Å². The summed E-state index contributed by atoms with van der Waals surface area (Å²) in [7, 11) is 2.92. The molecule has 1 fully saturated rings. The number of carbonyl (C=O) groups is 2. The van der Waals surface area contributed by atoms with E-state index in [2.05, 4.69) is 4.99 Å². The lowest BCUT2D eigenvalue weighted by Gasteiger charge is -2.13. The average Bonchev–Trinajstić information content (AvgIpc) is 3.11. The molecule has 0 N–H and O–H groups in total. The first-order valence-electron chi connectivity index (χ1n) is 10.3. The van der Waals surface area contributed by atoms with Gasteiger partial charge in [0.25, 0.3) is 5.91 Å². The van der Waals surface area contributed by atoms with Crippen molar-refractivity contribution in [1.82, 2.24) is 4.90 Å². The van der Waals surface area contributed by atoms with Gasteiger partial charge in [-0.05, 0) is 55.4 Å². The molecule has 2 aromatic rings. The molecule has 0 unspecified atom stereocenters. The zero-order chi connectivity index (χ0) is 23.1. The summed E-state index contributed by atoms with van der Waals surface area (Å²) in [6.45, 7) is 4.93. The molecule has 0 spiro atoms. The fourth-order valence-corrected chi connectivity index (χ4v) is 4.16. The van der Waals surface area contributed by atoms with Crippen molar-refractivity contribution in [3.05, 3.63) is 58.5 Å². The number of rotatable bonds is 8. The molecule has 0 atom stereocenters. The molecular formula is C24H26N2O5S. The van der Waals surface area contributed by atoms with E-state index in [1.807, 2.05) is 32.0 Å². The van der Waals surface area contributed by atoms with Gasteiger partial charge in [0.1, 0.15) is 0 Å². The van der Waals surface area contributed by atoms with Crippen molar-refractivity contribution in [1.29, 1.82) is 0 Å². The molecule has 0 aliphatic carbocycles. The van der Waals surface area contributed by atoms with Gasteiger partial charge in [0.05, 0.1) is 37.0 Å². The molecule has 1 heterocycles. The Labute approximate surface area is 192 Å². The van der Waals surface area contributed by atoms with Crippen molar-refractivity contribution in [3.8, 4) is 11.5 Å². The maximum Gasteiger partial charge on any atom is 0.337 e. The number of hydrogen-bond donors (Lipinski definition) is 0. The number of methoxy groups -OCH3 is 2. The maximum absolute atomic E-state index is 13.1. The summed E-state index contributed by atoms with van der Waals surface area (Å²) >= 11 is 1.28. The van der Waals surface area contributed by atoms with Gasteiger partial charge < -0.3 is 14.2 Å². The summed E-state index contributed by atoms with van der Waals surface area (Å²) in [5.41, 5.74) is 1.73. The van der Waals surface area contributed by atoms with Crippen LogP contribution < -0.4 is 9.47 Å². The predicted octanol–water partition coefficient (Wildman–Crippen LogP) is 4.89. The summed E-state index contributed by atoms with van der Waals surface area (Å²) in [6, 6.07) is 12.4. The minimum Gasteiger partial charge on any atom is -0.493 e. The van der Waals surface area contributed by atoms with Crippen LogP contribution in [0, 0.1) is 0 Å². The fourth-order valence-electron chi connectivity index (χ4n) is 3.11. The zero-order valence-corrected chi connectivity index (χ0v) is 19.4. The Morgan fingerprint density at radius 1 is 1.16 bits per heavy atom. The molecular weight excluding hydrogens is 428 g/mol. The second-order valence-electron chi connectivity index (χ2n) is 6.82. The number of hydrogen-bond acceptors (Lipinski definition) is 7. The molecule has 1 saturated heterocycles. The average molecular weight is 455 g/mol. The minimum atomic E-state index is -0.437. The van der Waals surface area contributed by atoms with E-state index in [9.17, 15) is 9.59 Å². The molecule has 8 heteroatoms. The first-order valence-corrected chi connectivity index (χ1v) is 11.1. The van der Waals surface area contributed by atoms with E-state index in [-0.39, 0.29) is 5.91 Å². The lowest BCUT2D eigenvalue weighted by atomic mass is 10.1. The van der Waals surface area contributed by atoms with Crippen LogP contribution in [-0.2, 0) is 9.53 Å². The number of esters is 1. The highest BCUT2D eigenvalue weighted by Crippen LogP contribution is 2.38. The number of para-hydroxylation sites is 1. The molecule has 1 aliphatic rings. The van der Waals surface area contributed by atoms with Crippen molar-refractivity contribution in [3.63, 3.8) is 0 Å². The SMILES string of the molecule is CCCOc1c(C=C2SC(=Nc3cccc(C(=O)OC)c3)N(CC)C2=O)cccc1OC. The first kappa shape index (κ1) is 23.4. The Bertz CT molecular complexity index is 1060. The van der Waals surface area contributed by atoms with E-state index in [0.29, 0.717) is 46.0 Å². The van der Waals surface area contributed by atoms with E-state index in [0.717, 1.165) is 12.0 Å². The highest BCUT2D eigenvalue weighted by molar-refractivity contribution is 8.18. The highest BCUT2D eigenvalue weighted by Gasteiger charge is 2.32. The molecule has 0 saturated carbocycles. The third-order valence-electron chi connectivity index (χ3n) is 4.66. The number of thioether (sulfide) groups is 1. The molecule has 0 radical (unpaired) electrons. The molecule has 1 amide bonds. The Balaban J connectivity index is 1.97. The van der Waals surface area contributed by atoms with E-state index >= 15 is 0 Å². The van der Waals surface area contributed by atoms with E-state index in [4.69, 9.17) is 14.2 Å². The van der Waals surface area contributed by atoms with Gasteiger partial charge in [0.2, 0.25) is 0 Å². The Morgan fingerprint density at radius 2 is 1.94 bits per heavy atom. The smallest absolute Gasteiger partial charge is 0.337 e. The van der Waals surface area contributed by atoms with E-state index < -0.39 is 5.97 Å². The first-order chi connectivity index (χ1) is 15.5. The number of ether oxygens (including phenoxy) is 3. The molecule has 168 valence electrons. The van der Waals surface area contributed by atoms with Gasteiger partial charge in [-0.1, -0.05) is 25.1 Å². The van der Waals surface area contributed by atoms with Crippen LogP contribution in [0.3, 0.4) is 0 Å². The highest BCUT2D eigenvalue weighted by atomic mass is 32.2. The van der Waals surface area contributed by atoms with E-state index in [1.54, 1.807) is 42.4 Å². The summed E-state index contributed by atoms with van der Waals surface area (Å²) in [5, 5.41) is 0.546. The van der Waals surface area contributed by atoms with Crippen molar-refractivity contribution < 1.29 is 23.8 Å². The minimum absolute atomic E-state index is 0.135. The Kier molecular flexibility index (Phi) is 7.94.